The molecule has 27 heavy (non-hydrogen) atoms. The van der Waals surface area contributed by atoms with Gasteiger partial charge in [-0.15, -0.1) is 0 Å². The van der Waals surface area contributed by atoms with E-state index >= 15 is 0 Å². The van der Waals surface area contributed by atoms with Crippen LogP contribution in [0.5, 0.6) is 5.75 Å². The molecule has 1 saturated carbocycles. The minimum absolute atomic E-state index is 0.000775. The van der Waals surface area contributed by atoms with Gasteiger partial charge in [-0.1, -0.05) is 32.3 Å². The zero-order chi connectivity index (χ0) is 18.9. The number of likely N-dealkylation sites (tertiary alicyclic amines) is 1. The van der Waals surface area contributed by atoms with Gasteiger partial charge in [0, 0.05) is 17.8 Å². The Balaban J connectivity index is 1.53. The lowest BCUT2D eigenvalue weighted by Crippen LogP contribution is -2.49. The maximum atomic E-state index is 12.5. The molecule has 1 heterocycles. The number of anilines is 1. The second-order valence-electron chi connectivity index (χ2n) is 7.75. The van der Waals surface area contributed by atoms with E-state index in [2.05, 4.69) is 17.1 Å². The van der Waals surface area contributed by atoms with Crippen molar-refractivity contribution in [2.75, 3.05) is 25.0 Å². The van der Waals surface area contributed by atoms with Crippen LogP contribution in [0.1, 0.15) is 64.7 Å². The molecule has 1 N–H and O–H groups in total. The maximum absolute atomic E-state index is 12.5. The van der Waals surface area contributed by atoms with Crippen molar-refractivity contribution in [3.8, 4) is 5.75 Å². The van der Waals surface area contributed by atoms with Crippen molar-refractivity contribution in [1.29, 1.82) is 0 Å². The predicted molar refractivity (Wildman–Crippen MR) is 108 cm³/mol. The molecule has 5 heteroatoms. The lowest BCUT2D eigenvalue weighted by atomic mass is 9.90. The molecule has 1 aromatic carbocycles. The first-order chi connectivity index (χ1) is 13.3. The molecule has 0 bridgehead atoms. The van der Waals surface area contributed by atoms with Crippen molar-refractivity contribution in [2.45, 2.75) is 76.9 Å². The van der Waals surface area contributed by atoms with Crippen LogP contribution in [0.15, 0.2) is 24.3 Å². The first-order valence-electron chi connectivity index (χ1n) is 10.7. The SMILES string of the molecule is CCCCOc1cccc(NC(=O)O[C@H]2CCCC[C@@H]2N2CCCCC2)c1. The van der Waals surface area contributed by atoms with Gasteiger partial charge in [0.15, 0.2) is 0 Å². The Hall–Kier alpha value is -1.75. The molecule has 1 saturated heterocycles. The van der Waals surface area contributed by atoms with Gasteiger partial charge in [0.25, 0.3) is 0 Å². The largest absolute Gasteiger partial charge is 0.494 e. The van der Waals surface area contributed by atoms with Gasteiger partial charge in [-0.05, 0) is 63.7 Å². The van der Waals surface area contributed by atoms with E-state index in [1.807, 2.05) is 24.3 Å². The molecule has 2 fully saturated rings. The molecular formula is C22H34N2O3. The third-order valence-electron chi connectivity index (χ3n) is 5.63. The van der Waals surface area contributed by atoms with Crippen LogP contribution >= 0.6 is 0 Å². The summed E-state index contributed by atoms with van der Waals surface area (Å²) in [6.07, 6.45) is 10.1. The molecule has 0 radical (unpaired) electrons. The minimum Gasteiger partial charge on any atom is -0.494 e. The molecule has 0 spiro atoms. The highest BCUT2D eigenvalue weighted by molar-refractivity contribution is 5.85. The molecule has 3 rings (SSSR count). The molecule has 5 nitrogen and oxygen atoms in total. The third kappa shape index (κ3) is 6.13. The summed E-state index contributed by atoms with van der Waals surface area (Å²) < 4.78 is 11.6. The van der Waals surface area contributed by atoms with Crippen LogP contribution in [-0.4, -0.2) is 42.8 Å². The van der Waals surface area contributed by atoms with Gasteiger partial charge in [0.2, 0.25) is 0 Å². The summed E-state index contributed by atoms with van der Waals surface area (Å²) in [5.41, 5.74) is 0.722. The number of nitrogens with one attached hydrogen (secondary N) is 1. The second-order valence-corrected chi connectivity index (χ2v) is 7.75. The third-order valence-corrected chi connectivity index (χ3v) is 5.63. The van der Waals surface area contributed by atoms with Crippen LogP contribution in [-0.2, 0) is 4.74 Å². The van der Waals surface area contributed by atoms with E-state index < -0.39 is 0 Å². The molecule has 1 amide bonds. The van der Waals surface area contributed by atoms with Gasteiger partial charge in [-0.2, -0.15) is 0 Å². The maximum Gasteiger partial charge on any atom is 0.411 e. The summed E-state index contributed by atoms with van der Waals surface area (Å²) in [5, 5.41) is 2.88. The average molecular weight is 375 g/mol. The van der Waals surface area contributed by atoms with Crippen molar-refractivity contribution in [2.24, 2.45) is 0 Å². The van der Waals surface area contributed by atoms with Gasteiger partial charge in [-0.3, -0.25) is 10.2 Å². The topological polar surface area (TPSA) is 50.8 Å². The van der Waals surface area contributed by atoms with Gasteiger partial charge < -0.3 is 9.47 Å². The summed E-state index contributed by atoms with van der Waals surface area (Å²) in [6.45, 7) is 5.12. The van der Waals surface area contributed by atoms with Gasteiger partial charge in [-0.25, -0.2) is 4.79 Å². The summed E-state index contributed by atoms with van der Waals surface area (Å²) >= 11 is 0. The molecule has 150 valence electrons. The number of benzene rings is 1. The van der Waals surface area contributed by atoms with Crippen LogP contribution in [0.4, 0.5) is 10.5 Å². The van der Waals surface area contributed by atoms with Crippen molar-refractivity contribution < 1.29 is 14.3 Å². The number of rotatable bonds is 7. The summed E-state index contributed by atoms with van der Waals surface area (Å²) in [6, 6.07) is 7.93. The monoisotopic (exact) mass is 374 g/mol. The first-order valence-corrected chi connectivity index (χ1v) is 10.7. The quantitative estimate of drug-likeness (QED) is 0.666. The van der Waals surface area contributed by atoms with Crippen LogP contribution in [0.25, 0.3) is 0 Å². The van der Waals surface area contributed by atoms with Gasteiger partial charge in [0.1, 0.15) is 11.9 Å². The number of carbonyl (C=O) groups is 1. The smallest absolute Gasteiger partial charge is 0.411 e. The lowest BCUT2D eigenvalue weighted by molar-refractivity contribution is 0.00174. The highest BCUT2D eigenvalue weighted by Gasteiger charge is 2.33. The summed E-state index contributed by atoms with van der Waals surface area (Å²) in [7, 11) is 0. The fraction of sp³-hybridized carbons (Fsp3) is 0.682. The van der Waals surface area contributed by atoms with E-state index in [9.17, 15) is 4.79 Å². The van der Waals surface area contributed by atoms with Crippen molar-refractivity contribution in [3.63, 3.8) is 0 Å². The van der Waals surface area contributed by atoms with Crippen LogP contribution in [0.2, 0.25) is 0 Å². The molecule has 1 aliphatic heterocycles. The zero-order valence-corrected chi connectivity index (χ0v) is 16.6. The Morgan fingerprint density at radius 1 is 1.15 bits per heavy atom. The van der Waals surface area contributed by atoms with E-state index in [1.165, 1.54) is 25.7 Å². The van der Waals surface area contributed by atoms with E-state index in [-0.39, 0.29) is 12.2 Å². The van der Waals surface area contributed by atoms with E-state index in [0.717, 1.165) is 56.6 Å². The fourth-order valence-electron chi connectivity index (χ4n) is 4.17. The number of carbonyl (C=O) groups excluding carboxylic acids is 1. The Morgan fingerprint density at radius 2 is 1.96 bits per heavy atom. The number of unbranched alkanes of at least 4 members (excludes halogenated alkanes) is 1. The fourth-order valence-corrected chi connectivity index (χ4v) is 4.17. The van der Waals surface area contributed by atoms with Crippen LogP contribution in [0.3, 0.4) is 0 Å². The van der Waals surface area contributed by atoms with Gasteiger partial charge >= 0.3 is 6.09 Å². The summed E-state index contributed by atoms with van der Waals surface area (Å²) in [4.78, 5) is 15.0. The highest BCUT2D eigenvalue weighted by atomic mass is 16.6. The van der Waals surface area contributed by atoms with Crippen molar-refractivity contribution in [1.82, 2.24) is 4.90 Å². The van der Waals surface area contributed by atoms with Crippen LogP contribution in [0, 0.1) is 0 Å². The zero-order valence-electron chi connectivity index (χ0n) is 16.6. The number of ether oxygens (including phenoxy) is 2. The Labute approximate surface area is 163 Å². The van der Waals surface area contributed by atoms with Gasteiger partial charge in [0.05, 0.1) is 6.61 Å². The number of hydrogen-bond acceptors (Lipinski definition) is 4. The Bertz CT molecular complexity index is 587. The molecule has 0 aromatic heterocycles. The Morgan fingerprint density at radius 3 is 2.78 bits per heavy atom. The number of piperidine rings is 1. The normalized spacial score (nSPS) is 23.6. The highest BCUT2D eigenvalue weighted by Crippen LogP contribution is 2.28. The first kappa shape index (κ1) is 20.0. The van der Waals surface area contributed by atoms with Crippen molar-refractivity contribution in [3.05, 3.63) is 24.3 Å². The molecule has 2 atom stereocenters. The van der Waals surface area contributed by atoms with E-state index in [1.54, 1.807) is 0 Å². The standard InChI is InChI=1S/C22H34N2O3/c1-2-3-16-26-19-11-9-10-18(17-19)23-22(25)27-21-13-6-5-12-20(21)24-14-7-4-8-15-24/h9-11,17,20-21H,2-8,12-16H2,1H3,(H,23,25)/t20-,21-/m0/s1. The summed E-state index contributed by atoms with van der Waals surface area (Å²) in [5.74, 6) is 0.783. The predicted octanol–water partition coefficient (Wildman–Crippen LogP) is 5.21. The average Bonchev–Trinajstić information content (AvgIpc) is 2.69. The number of nitrogens with zero attached hydrogens (tertiary/aromatic N) is 1. The molecule has 2 aliphatic rings. The van der Waals surface area contributed by atoms with Crippen LogP contribution < -0.4 is 10.1 Å². The van der Waals surface area contributed by atoms with E-state index in [0.29, 0.717) is 12.6 Å². The second kappa shape index (κ2) is 10.5. The molecule has 1 aliphatic carbocycles. The van der Waals surface area contributed by atoms with Crippen molar-refractivity contribution >= 4 is 11.8 Å². The lowest BCUT2D eigenvalue weighted by Gasteiger charge is -2.41. The number of hydrogen-bond donors (Lipinski definition) is 1. The molecule has 1 aromatic rings. The molecular weight excluding hydrogens is 340 g/mol. The Kier molecular flexibility index (Phi) is 7.81. The molecule has 0 unspecified atom stereocenters. The van der Waals surface area contributed by atoms with E-state index in [4.69, 9.17) is 9.47 Å². The minimum atomic E-state index is -0.352. The number of amides is 1.